The van der Waals surface area contributed by atoms with E-state index >= 15 is 0 Å². The second kappa shape index (κ2) is 3.83. The van der Waals surface area contributed by atoms with E-state index in [0.29, 0.717) is 5.56 Å². The molecule has 0 saturated heterocycles. The topological polar surface area (TPSA) is 80.3 Å². The van der Waals surface area contributed by atoms with Gasteiger partial charge in [0, 0.05) is 42.8 Å². The van der Waals surface area contributed by atoms with Gasteiger partial charge in [-0.15, -0.1) is 0 Å². The molecule has 0 saturated carbocycles. The molecule has 0 radical (unpaired) electrons. The van der Waals surface area contributed by atoms with E-state index in [0.717, 1.165) is 24.0 Å². The van der Waals surface area contributed by atoms with Crippen LogP contribution in [0.1, 0.15) is 22.7 Å². The van der Waals surface area contributed by atoms with Crippen LogP contribution in [0.3, 0.4) is 0 Å². The van der Waals surface area contributed by atoms with Crippen LogP contribution >= 0.6 is 0 Å². The maximum atomic E-state index is 11.0. The van der Waals surface area contributed by atoms with Gasteiger partial charge in [-0.05, 0) is 23.3 Å². The number of hydrogen-bond donors (Lipinski definition) is 3. The summed E-state index contributed by atoms with van der Waals surface area (Å²) in [6, 6.07) is 3.20. The van der Waals surface area contributed by atoms with Gasteiger partial charge in [0.05, 0.1) is 0 Å². The maximum absolute atomic E-state index is 11.0. The lowest BCUT2D eigenvalue weighted by Crippen LogP contribution is -2.20. The van der Waals surface area contributed by atoms with Gasteiger partial charge in [0.15, 0.2) is 0 Å². The molecule has 0 fully saturated rings. The van der Waals surface area contributed by atoms with E-state index in [1.54, 1.807) is 0 Å². The zero-order valence-corrected chi connectivity index (χ0v) is 10.1. The highest BCUT2D eigenvalue weighted by atomic mass is 16.4. The van der Waals surface area contributed by atoms with Crippen LogP contribution in [-0.2, 0) is 24.9 Å². The third kappa shape index (κ3) is 1.52. The van der Waals surface area contributed by atoms with Crippen molar-refractivity contribution in [3.63, 3.8) is 0 Å². The number of fused-ring (bicyclic) bond motifs is 2. The molecule has 2 heterocycles. The molecule has 1 aromatic heterocycles. The Morgan fingerprint density at radius 2 is 2.11 bits per heavy atom. The van der Waals surface area contributed by atoms with Crippen molar-refractivity contribution >= 4 is 16.9 Å². The summed E-state index contributed by atoms with van der Waals surface area (Å²) in [5.74, 6) is -0.999. The van der Waals surface area contributed by atoms with Gasteiger partial charge in [-0.25, -0.2) is 0 Å². The molecule has 0 aliphatic carbocycles. The van der Waals surface area contributed by atoms with Gasteiger partial charge < -0.3 is 20.7 Å². The molecule has 0 spiro atoms. The Labute approximate surface area is 104 Å². The zero-order valence-electron chi connectivity index (χ0n) is 10.1. The van der Waals surface area contributed by atoms with Gasteiger partial charge in [0.25, 0.3) is 0 Å². The summed E-state index contributed by atoms with van der Waals surface area (Å²) in [6.45, 7) is 1.71. The molecule has 94 valence electrons. The summed E-state index contributed by atoms with van der Waals surface area (Å²) >= 11 is 0. The summed E-state index contributed by atoms with van der Waals surface area (Å²) in [7, 11) is 1.91. The van der Waals surface area contributed by atoms with Crippen LogP contribution in [-0.4, -0.2) is 15.6 Å². The van der Waals surface area contributed by atoms with E-state index in [-0.39, 0.29) is 0 Å². The first-order valence-electron chi connectivity index (χ1n) is 5.88. The molecule has 1 aliphatic rings. The average Bonchev–Trinajstić information content (AvgIpc) is 2.91. The quantitative estimate of drug-likeness (QED) is 0.733. The van der Waals surface area contributed by atoms with Crippen LogP contribution < -0.4 is 11.1 Å². The number of aromatic nitrogens is 1. The van der Waals surface area contributed by atoms with E-state index in [4.69, 9.17) is 10.8 Å². The van der Waals surface area contributed by atoms with Gasteiger partial charge in [-0.3, -0.25) is 4.79 Å². The lowest BCUT2D eigenvalue weighted by molar-refractivity contribution is -0.138. The monoisotopic (exact) mass is 245 g/mol. The minimum atomic E-state index is -0.999. The Kier molecular flexibility index (Phi) is 2.39. The lowest BCUT2D eigenvalue weighted by atomic mass is 10.0. The zero-order chi connectivity index (χ0) is 12.9. The van der Waals surface area contributed by atoms with Gasteiger partial charge >= 0.3 is 5.97 Å². The smallest absolute Gasteiger partial charge is 0.325 e. The molecular weight excluding hydrogens is 230 g/mol. The molecule has 1 atom stereocenters. The highest BCUT2D eigenvalue weighted by Gasteiger charge is 2.21. The van der Waals surface area contributed by atoms with Crippen LogP contribution in [0.2, 0.25) is 0 Å². The fourth-order valence-electron chi connectivity index (χ4n) is 2.59. The molecule has 1 unspecified atom stereocenters. The Morgan fingerprint density at radius 1 is 1.44 bits per heavy atom. The number of hydrogen-bond acceptors (Lipinski definition) is 3. The van der Waals surface area contributed by atoms with Crippen molar-refractivity contribution in [1.82, 2.24) is 9.88 Å². The predicted octanol–water partition coefficient (Wildman–Crippen LogP) is 0.866. The number of carboxylic acids is 1. The Bertz CT molecular complexity index is 645. The Hall–Kier alpha value is -1.85. The van der Waals surface area contributed by atoms with Crippen molar-refractivity contribution in [3.05, 3.63) is 35.0 Å². The number of nitrogens with zero attached hydrogens (tertiary/aromatic N) is 1. The molecule has 18 heavy (non-hydrogen) atoms. The number of nitrogens with one attached hydrogen (secondary N) is 1. The van der Waals surface area contributed by atoms with E-state index in [9.17, 15) is 4.79 Å². The molecule has 0 bridgehead atoms. The number of aryl methyl sites for hydroxylation is 1. The highest BCUT2D eigenvalue weighted by molar-refractivity contribution is 5.90. The van der Waals surface area contributed by atoms with Gasteiger partial charge in [0.2, 0.25) is 0 Å². The molecule has 3 rings (SSSR count). The van der Waals surface area contributed by atoms with Crippen molar-refractivity contribution in [2.24, 2.45) is 12.8 Å². The molecule has 5 heteroatoms. The average molecular weight is 245 g/mol. The summed E-state index contributed by atoms with van der Waals surface area (Å²) in [4.78, 5) is 11.0. The second-order valence-corrected chi connectivity index (χ2v) is 4.75. The van der Waals surface area contributed by atoms with E-state index in [1.165, 1.54) is 11.1 Å². The standard InChI is InChI=1S/C13H15N3O2/c1-16-6-10(12(14)13(17)18)9-2-7-4-15-5-8(7)3-11(9)16/h2-3,6,12,15H,4-5,14H2,1H3,(H,17,18). The molecule has 0 amide bonds. The Balaban J connectivity index is 2.25. The van der Waals surface area contributed by atoms with Gasteiger partial charge in [-0.1, -0.05) is 0 Å². The first-order chi connectivity index (χ1) is 8.58. The third-order valence-corrected chi connectivity index (χ3v) is 3.57. The van der Waals surface area contributed by atoms with Crippen LogP contribution in [0.4, 0.5) is 0 Å². The normalized spacial score (nSPS) is 15.9. The summed E-state index contributed by atoms with van der Waals surface area (Å²) in [6.07, 6.45) is 1.81. The molecule has 5 nitrogen and oxygen atoms in total. The summed E-state index contributed by atoms with van der Waals surface area (Å²) in [5.41, 5.74) is 9.95. The summed E-state index contributed by atoms with van der Waals surface area (Å²) in [5, 5.41) is 13.3. The van der Waals surface area contributed by atoms with Crippen LogP contribution in [0.15, 0.2) is 18.3 Å². The van der Waals surface area contributed by atoms with Crippen molar-refractivity contribution in [3.8, 4) is 0 Å². The lowest BCUT2D eigenvalue weighted by Gasteiger charge is -2.05. The Morgan fingerprint density at radius 3 is 2.78 bits per heavy atom. The molecule has 2 aromatic rings. The van der Waals surface area contributed by atoms with E-state index in [2.05, 4.69) is 17.4 Å². The van der Waals surface area contributed by atoms with Crippen molar-refractivity contribution in [2.75, 3.05) is 0 Å². The minimum absolute atomic E-state index is 0.676. The third-order valence-electron chi connectivity index (χ3n) is 3.57. The molecule has 4 N–H and O–H groups in total. The van der Waals surface area contributed by atoms with Gasteiger partial charge in [0.1, 0.15) is 6.04 Å². The molecule has 1 aromatic carbocycles. The van der Waals surface area contributed by atoms with Crippen LogP contribution in [0.5, 0.6) is 0 Å². The first-order valence-corrected chi connectivity index (χ1v) is 5.88. The van der Waals surface area contributed by atoms with E-state index < -0.39 is 12.0 Å². The number of carboxylic acid groups (broad SMARTS) is 1. The largest absolute Gasteiger partial charge is 0.480 e. The number of benzene rings is 1. The summed E-state index contributed by atoms with van der Waals surface area (Å²) < 4.78 is 1.94. The number of nitrogens with two attached hydrogens (primary N) is 1. The van der Waals surface area contributed by atoms with Crippen LogP contribution in [0.25, 0.3) is 10.9 Å². The number of aliphatic carboxylic acids is 1. The van der Waals surface area contributed by atoms with Crippen LogP contribution in [0, 0.1) is 0 Å². The number of rotatable bonds is 2. The van der Waals surface area contributed by atoms with E-state index in [1.807, 2.05) is 17.8 Å². The van der Waals surface area contributed by atoms with Gasteiger partial charge in [-0.2, -0.15) is 0 Å². The fraction of sp³-hybridized carbons (Fsp3) is 0.308. The van der Waals surface area contributed by atoms with Crippen molar-refractivity contribution in [1.29, 1.82) is 0 Å². The highest BCUT2D eigenvalue weighted by Crippen LogP contribution is 2.29. The minimum Gasteiger partial charge on any atom is -0.480 e. The fourth-order valence-corrected chi connectivity index (χ4v) is 2.59. The SMILES string of the molecule is Cn1cc(C(N)C(=O)O)c2cc3c(cc21)CNC3. The first kappa shape index (κ1) is 11.3. The predicted molar refractivity (Wildman–Crippen MR) is 68.0 cm³/mol. The van der Waals surface area contributed by atoms with Crippen molar-refractivity contribution in [2.45, 2.75) is 19.1 Å². The second-order valence-electron chi connectivity index (χ2n) is 4.75. The molecular formula is C13H15N3O2. The molecule has 1 aliphatic heterocycles. The maximum Gasteiger partial charge on any atom is 0.325 e. The van der Waals surface area contributed by atoms with Crippen molar-refractivity contribution < 1.29 is 9.90 Å². The number of carbonyl (C=O) groups is 1.